The smallest absolute Gasteiger partial charge is 0.323 e. The highest BCUT2D eigenvalue weighted by atomic mass is 16.4. The normalized spacial score (nSPS) is 17.0. The number of nitrogens with zero attached hydrogens (tertiary/aromatic N) is 3. The van der Waals surface area contributed by atoms with Gasteiger partial charge in [-0.1, -0.05) is 25.1 Å². The summed E-state index contributed by atoms with van der Waals surface area (Å²) < 4.78 is 0. The van der Waals surface area contributed by atoms with Gasteiger partial charge in [-0.2, -0.15) is 0 Å². The largest absolute Gasteiger partial charge is 0.480 e. The van der Waals surface area contributed by atoms with E-state index in [0.29, 0.717) is 19.6 Å². The zero-order chi connectivity index (χ0) is 19.3. The summed E-state index contributed by atoms with van der Waals surface area (Å²) in [6.07, 6.45) is 0.918. The first-order valence-electron chi connectivity index (χ1n) is 8.87. The summed E-state index contributed by atoms with van der Waals surface area (Å²) >= 11 is 0. The summed E-state index contributed by atoms with van der Waals surface area (Å²) in [6.45, 7) is 2.88. The van der Waals surface area contributed by atoms with E-state index >= 15 is 0 Å². The highest BCUT2D eigenvalue weighted by molar-refractivity contribution is 6.01. The Kier molecular flexibility index (Phi) is 6.74. The molecule has 1 aliphatic heterocycles. The Morgan fingerprint density at radius 1 is 1.23 bits per heavy atom. The van der Waals surface area contributed by atoms with Crippen LogP contribution in [0, 0.1) is 5.92 Å². The van der Waals surface area contributed by atoms with Crippen molar-refractivity contribution in [2.24, 2.45) is 5.92 Å². The third-order valence-electron chi connectivity index (χ3n) is 4.59. The van der Waals surface area contributed by atoms with Gasteiger partial charge in [0.2, 0.25) is 11.8 Å². The van der Waals surface area contributed by atoms with Crippen LogP contribution < -0.4 is 4.90 Å². The molecule has 1 unspecified atom stereocenters. The van der Waals surface area contributed by atoms with Crippen molar-refractivity contribution in [3.63, 3.8) is 0 Å². The number of rotatable bonds is 8. The monoisotopic (exact) mass is 361 g/mol. The summed E-state index contributed by atoms with van der Waals surface area (Å²) in [5.41, 5.74) is 1.90. The van der Waals surface area contributed by atoms with Crippen LogP contribution in [0.5, 0.6) is 0 Å². The van der Waals surface area contributed by atoms with Crippen molar-refractivity contribution in [2.45, 2.75) is 19.8 Å². The highest BCUT2D eigenvalue weighted by Crippen LogP contribution is 2.29. The van der Waals surface area contributed by atoms with Crippen LogP contribution in [0.1, 0.15) is 18.9 Å². The van der Waals surface area contributed by atoms with Crippen LogP contribution in [0.3, 0.4) is 0 Å². The van der Waals surface area contributed by atoms with E-state index in [1.54, 1.807) is 4.90 Å². The first-order chi connectivity index (χ1) is 12.3. The molecule has 0 spiro atoms. The van der Waals surface area contributed by atoms with Crippen LogP contribution in [0.2, 0.25) is 0 Å². The van der Waals surface area contributed by atoms with Gasteiger partial charge in [-0.25, -0.2) is 0 Å². The summed E-state index contributed by atoms with van der Waals surface area (Å²) in [5, 5.41) is 9.11. The van der Waals surface area contributed by atoms with Crippen molar-refractivity contribution >= 4 is 23.5 Å². The molecular formula is C19H27N3O4. The number of amides is 2. The fraction of sp³-hybridized carbons (Fsp3) is 0.526. The maximum atomic E-state index is 12.8. The van der Waals surface area contributed by atoms with Crippen LogP contribution >= 0.6 is 0 Å². The summed E-state index contributed by atoms with van der Waals surface area (Å²) in [6, 6.07) is 7.68. The standard InChI is InChI=1S/C19H27N3O4/c1-4-14-7-5-6-8-16(14)22-12-15(11-17(22)23)19(26)21(13-18(24)25)10-9-20(2)3/h5-8,15H,4,9-13H2,1-3H3,(H,24,25). The molecular weight excluding hydrogens is 334 g/mol. The molecule has 1 aromatic carbocycles. The fourth-order valence-corrected chi connectivity index (χ4v) is 3.19. The van der Waals surface area contributed by atoms with Gasteiger partial charge in [0, 0.05) is 31.7 Å². The van der Waals surface area contributed by atoms with Gasteiger partial charge in [0.05, 0.1) is 5.92 Å². The molecule has 1 atom stereocenters. The van der Waals surface area contributed by atoms with Crippen LogP contribution in [0.4, 0.5) is 5.69 Å². The molecule has 1 saturated heterocycles. The van der Waals surface area contributed by atoms with E-state index in [0.717, 1.165) is 17.7 Å². The number of carboxylic acid groups (broad SMARTS) is 1. The first kappa shape index (κ1) is 19.9. The van der Waals surface area contributed by atoms with Gasteiger partial charge in [-0.15, -0.1) is 0 Å². The van der Waals surface area contributed by atoms with Crippen LogP contribution in [-0.2, 0) is 20.8 Å². The van der Waals surface area contributed by atoms with E-state index in [1.165, 1.54) is 4.90 Å². The number of hydrogen-bond acceptors (Lipinski definition) is 4. The molecule has 0 aromatic heterocycles. The zero-order valence-electron chi connectivity index (χ0n) is 15.6. The summed E-state index contributed by atoms with van der Waals surface area (Å²) in [4.78, 5) is 41.4. The van der Waals surface area contributed by atoms with Crippen LogP contribution in [0.15, 0.2) is 24.3 Å². The SMILES string of the molecule is CCc1ccccc1N1CC(C(=O)N(CCN(C)C)CC(=O)O)CC1=O. The number of hydrogen-bond donors (Lipinski definition) is 1. The Labute approximate surface area is 154 Å². The number of likely N-dealkylation sites (N-methyl/N-ethyl adjacent to an activating group) is 1. The Balaban J connectivity index is 2.14. The minimum atomic E-state index is -1.05. The Bertz CT molecular complexity index is 675. The predicted octanol–water partition coefficient (Wildman–Crippen LogP) is 1.08. The number of carboxylic acids is 1. The molecule has 1 N–H and O–H groups in total. The number of carbonyl (C=O) groups excluding carboxylic acids is 2. The van der Waals surface area contributed by atoms with E-state index in [9.17, 15) is 14.4 Å². The van der Waals surface area contributed by atoms with Crippen molar-refractivity contribution in [3.05, 3.63) is 29.8 Å². The van der Waals surface area contributed by atoms with Crippen molar-refractivity contribution in [2.75, 3.05) is 45.2 Å². The number of aryl methyl sites for hydroxylation is 1. The zero-order valence-corrected chi connectivity index (χ0v) is 15.6. The molecule has 1 heterocycles. The maximum absolute atomic E-state index is 12.8. The van der Waals surface area contributed by atoms with E-state index in [4.69, 9.17) is 5.11 Å². The van der Waals surface area contributed by atoms with Gasteiger partial charge in [0.25, 0.3) is 0 Å². The van der Waals surface area contributed by atoms with E-state index in [2.05, 4.69) is 0 Å². The average Bonchev–Trinajstić information content (AvgIpc) is 2.99. The lowest BCUT2D eigenvalue weighted by atomic mass is 10.1. The minimum absolute atomic E-state index is 0.0906. The van der Waals surface area contributed by atoms with Crippen LogP contribution in [-0.4, -0.2) is 73.0 Å². The lowest BCUT2D eigenvalue weighted by molar-refractivity contribution is -0.146. The second-order valence-corrected chi connectivity index (χ2v) is 6.84. The molecule has 2 rings (SSSR count). The molecule has 0 radical (unpaired) electrons. The van der Waals surface area contributed by atoms with E-state index < -0.39 is 11.9 Å². The van der Waals surface area contributed by atoms with Crippen molar-refractivity contribution in [1.29, 1.82) is 0 Å². The molecule has 0 saturated carbocycles. The average molecular weight is 361 g/mol. The summed E-state index contributed by atoms with van der Waals surface area (Å²) in [5.74, 6) is -1.91. The first-order valence-corrected chi connectivity index (χ1v) is 8.87. The Hall–Kier alpha value is -2.41. The topological polar surface area (TPSA) is 81.2 Å². The van der Waals surface area contributed by atoms with Gasteiger partial charge < -0.3 is 19.8 Å². The third-order valence-corrected chi connectivity index (χ3v) is 4.59. The van der Waals surface area contributed by atoms with Crippen LogP contribution in [0.25, 0.3) is 0 Å². The predicted molar refractivity (Wildman–Crippen MR) is 99.0 cm³/mol. The molecule has 1 aromatic rings. The lowest BCUT2D eigenvalue weighted by Crippen LogP contribution is -2.43. The number of carbonyl (C=O) groups is 3. The number of aliphatic carboxylic acids is 1. The fourth-order valence-electron chi connectivity index (χ4n) is 3.19. The molecule has 1 aliphatic rings. The molecule has 0 aliphatic carbocycles. The van der Waals surface area contributed by atoms with Gasteiger partial charge in [-0.05, 0) is 32.1 Å². The van der Waals surface area contributed by atoms with Gasteiger partial charge in [0.1, 0.15) is 6.54 Å². The quantitative estimate of drug-likeness (QED) is 0.749. The molecule has 26 heavy (non-hydrogen) atoms. The molecule has 2 amide bonds. The van der Waals surface area contributed by atoms with E-state index in [-0.39, 0.29) is 24.8 Å². The second-order valence-electron chi connectivity index (χ2n) is 6.84. The van der Waals surface area contributed by atoms with Crippen molar-refractivity contribution < 1.29 is 19.5 Å². The van der Waals surface area contributed by atoms with Crippen molar-refractivity contribution in [1.82, 2.24) is 9.80 Å². The Morgan fingerprint density at radius 3 is 2.54 bits per heavy atom. The Morgan fingerprint density at radius 2 is 1.92 bits per heavy atom. The third kappa shape index (κ3) is 4.82. The summed E-state index contributed by atoms with van der Waals surface area (Å²) in [7, 11) is 3.73. The number of anilines is 1. The second kappa shape index (κ2) is 8.80. The molecule has 7 nitrogen and oxygen atoms in total. The highest BCUT2D eigenvalue weighted by Gasteiger charge is 2.38. The van der Waals surface area contributed by atoms with Gasteiger partial charge >= 0.3 is 5.97 Å². The van der Waals surface area contributed by atoms with Crippen molar-refractivity contribution in [3.8, 4) is 0 Å². The molecule has 142 valence electrons. The minimum Gasteiger partial charge on any atom is -0.480 e. The molecule has 1 fully saturated rings. The van der Waals surface area contributed by atoms with E-state index in [1.807, 2.05) is 50.2 Å². The van der Waals surface area contributed by atoms with Gasteiger partial charge in [0.15, 0.2) is 0 Å². The number of para-hydroxylation sites is 1. The van der Waals surface area contributed by atoms with Gasteiger partial charge in [-0.3, -0.25) is 14.4 Å². The number of benzene rings is 1. The molecule has 7 heteroatoms. The lowest BCUT2D eigenvalue weighted by Gasteiger charge is -2.25. The molecule has 0 bridgehead atoms. The maximum Gasteiger partial charge on any atom is 0.323 e.